The van der Waals surface area contributed by atoms with E-state index in [1.54, 1.807) is 0 Å². The Kier molecular flexibility index (Phi) is 4.07. The van der Waals surface area contributed by atoms with Crippen LogP contribution in [0.1, 0.15) is 28.3 Å². The lowest BCUT2D eigenvalue weighted by Crippen LogP contribution is -2.29. The summed E-state index contributed by atoms with van der Waals surface area (Å²) in [6, 6.07) is 10.6. The third-order valence-electron chi connectivity index (χ3n) is 3.32. The molecular weight excluding hydrogens is 222 g/mol. The standard InChI is InChI=1S/C15H19N3/c1-11-3-4-14(9-12(11)2)15(18-16)10-13-5-7-17-8-6-13/h3-9,15,18H,10,16H2,1-2H3. The lowest BCUT2D eigenvalue weighted by atomic mass is 9.97. The van der Waals surface area contributed by atoms with E-state index in [0.29, 0.717) is 0 Å². The van der Waals surface area contributed by atoms with Gasteiger partial charge >= 0.3 is 0 Å². The number of aromatic nitrogens is 1. The highest BCUT2D eigenvalue weighted by Gasteiger charge is 2.11. The van der Waals surface area contributed by atoms with Crippen LogP contribution in [0.15, 0.2) is 42.7 Å². The SMILES string of the molecule is Cc1ccc(C(Cc2ccncc2)NN)cc1C. The molecule has 1 aromatic carbocycles. The van der Waals surface area contributed by atoms with Gasteiger partial charge in [-0.25, -0.2) is 0 Å². The number of hydrogen-bond acceptors (Lipinski definition) is 3. The Hall–Kier alpha value is -1.71. The minimum absolute atomic E-state index is 0.131. The number of nitrogens with one attached hydrogen (secondary N) is 1. The molecule has 0 spiro atoms. The molecule has 0 radical (unpaired) electrons. The molecule has 1 unspecified atom stereocenters. The van der Waals surface area contributed by atoms with Crippen LogP contribution in [0.4, 0.5) is 0 Å². The van der Waals surface area contributed by atoms with Crippen molar-refractivity contribution in [1.82, 2.24) is 10.4 Å². The van der Waals surface area contributed by atoms with Crippen LogP contribution in [-0.4, -0.2) is 4.98 Å². The van der Waals surface area contributed by atoms with Crippen LogP contribution in [0.2, 0.25) is 0 Å². The maximum atomic E-state index is 5.68. The molecule has 0 aliphatic heterocycles. The molecule has 94 valence electrons. The fraction of sp³-hybridized carbons (Fsp3) is 0.267. The highest BCUT2D eigenvalue weighted by atomic mass is 15.2. The third kappa shape index (κ3) is 2.94. The van der Waals surface area contributed by atoms with Crippen LogP contribution in [0.25, 0.3) is 0 Å². The molecule has 0 bridgehead atoms. The average molecular weight is 241 g/mol. The summed E-state index contributed by atoms with van der Waals surface area (Å²) in [5.41, 5.74) is 7.94. The molecule has 3 nitrogen and oxygen atoms in total. The van der Waals surface area contributed by atoms with E-state index in [1.807, 2.05) is 24.5 Å². The van der Waals surface area contributed by atoms with Crippen LogP contribution in [0, 0.1) is 13.8 Å². The minimum atomic E-state index is 0.131. The lowest BCUT2D eigenvalue weighted by molar-refractivity contribution is 0.551. The number of rotatable bonds is 4. The van der Waals surface area contributed by atoms with Crippen molar-refractivity contribution in [1.29, 1.82) is 0 Å². The molecule has 2 aromatic rings. The van der Waals surface area contributed by atoms with E-state index >= 15 is 0 Å². The summed E-state index contributed by atoms with van der Waals surface area (Å²) in [5.74, 6) is 5.68. The summed E-state index contributed by atoms with van der Waals surface area (Å²) < 4.78 is 0. The Bertz CT molecular complexity index is 508. The smallest absolute Gasteiger partial charge is 0.0500 e. The topological polar surface area (TPSA) is 50.9 Å². The van der Waals surface area contributed by atoms with Gasteiger partial charge < -0.3 is 0 Å². The van der Waals surface area contributed by atoms with E-state index in [4.69, 9.17) is 5.84 Å². The molecular formula is C15H19N3. The van der Waals surface area contributed by atoms with Crippen molar-refractivity contribution in [3.05, 3.63) is 65.0 Å². The van der Waals surface area contributed by atoms with Gasteiger partial charge in [-0.1, -0.05) is 18.2 Å². The van der Waals surface area contributed by atoms with Gasteiger partial charge in [0.2, 0.25) is 0 Å². The predicted octanol–water partition coefficient (Wildman–Crippen LogP) is 2.45. The van der Waals surface area contributed by atoms with E-state index in [1.165, 1.54) is 22.3 Å². The third-order valence-corrected chi connectivity index (χ3v) is 3.32. The largest absolute Gasteiger partial charge is 0.271 e. The van der Waals surface area contributed by atoms with Gasteiger partial charge in [-0.15, -0.1) is 0 Å². The first-order valence-electron chi connectivity index (χ1n) is 6.13. The summed E-state index contributed by atoms with van der Waals surface area (Å²) >= 11 is 0. The number of aryl methyl sites for hydroxylation is 2. The molecule has 2 rings (SSSR count). The van der Waals surface area contributed by atoms with Crippen molar-refractivity contribution in [2.24, 2.45) is 5.84 Å². The van der Waals surface area contributed by atoms with Crippen LogP contribution in [-0.2, 0) is 6.42 Å². The molecule has 1 heterocycles. The number of pyridine rings is 1. The molecule has 0 fully saturated rings. The first-order chi connectivity index (χ1) is 8.70. The van der Waals surface area contributed by atoms with Crippen LogP contribution in [0.3, 0.4) is 0 Å². The number of hydrogen-bond donors (Lipinski definition) is 2. The average Bonchev–Trinajstić information content (AvgIpc) is 2.40. The zero-order chi connectivity index (χ0) is 13.0. The second kappa shape index (κ2) is 5.76. The zero-order valence-electron chi connectivity index (χ0n) is 10.9. The van der Waals surface area contributed by atoms with Crippen molar-refractivity contribution in [2.75, 3.05) is 0 Å². The molecule has 18 heavy (non-hydrogen) atoms. The van der Waals surface area contributed by atoms with Gasteiger partial charge in [0.15, 0.2) is 0 Å². The van der Waals surface area contributed by atoms with Crippen molar-refractivity contribution in [3.8, 4) is 0 Å². The van der Waals surface area contributed by atoms with Gasteiger partial charge in [-0.05, 0) is 54.7 Å². The van der Waals surface area contributed by atoms with Crippen molar-refractivity contribution < 1.29 is 0 Å². The maximum Gasteiger partial charge on any atom is 0.0500 e. The van der Waals surface area contributed by atoms with Gasteiger partial charge in [-0.3, -0.25) is 16.3 Å². The van der Waals surface area contributed by atoms with Crippen LogP contribution < -0.4 is 11.3 Å². The van der Waals surface area contributed by atoms with E-state index in [2.05, 4.69) is 42.5 Å². The fourth-order valence-electron chi connectivity index (χ4n) is 2.01. The van der Waals surface area contributed by atoms with E-state index < -0.39 is 0 Å². The molecule has 1 atom stereocenters. The Labute approximate surface area is 108 Å². The molecule has 0 saturated carbocycles. The van der Waals surface area contributed by atoms with Crippen molar-refractivity contribution >= 4 is 0 Å². The summed E-state index contributed by atoms with van der Waals surface area (Å²) in [6.45, 7) is 4.24. The molecule has 3 N–H and O–H groups in total. The summed E-state index contributed by atoms with van der Waals surface area (Å²) in [6.07, 6.45) is 4.48. The number of nitrogens with zero attached hydrogens (tertiary/aromatic N) is 1. The Morgan fingerprint density at radius 2 is 1.83 bits per heavy atom. The maximum absolute atomic E-state index is 5.68. The quantitative estimate of drug-likeness (QED) is 0.638. The lowest BCUT2D eigenvalue weighted by Gasteiger charge is -2.17. The van der Waals surface area contributed by atoms with Crippen molar-refractivity contribution in [3.63, 3.8) is 0 Å². The Morgan fingerprint density at radius 3 is 2.44 bits per heavy atom. The normalized spacial score (nSPS) is 12.4. The first kappa shape index (κ1) is 12.7. The first-order valence-corrected chi connectivity index (χ1v) is 6.13. The highest BCUT2D eigenvalue weighted by molar-refractivity contribution is 5.32. The van der Waals surface area contributed by atoms with Gasteiger partial charge in [0.1, 0.15) is 0 Å². The second-order valence-electron chi connectivity index (χ2n) is 4.62. The van der Waals surface area contributed by atoms with Gasteiger partial charge in [0.25, 0.3) is 0 Å². The van der Waals surface area contributed by atoms with Crippen LogP contribution in [0.5, 0.6) is 0 Å². The monoisotopic (exact) mass is 241 g/mol. The molecule has 0 aliphatic carbocycles. The van der Waals surface area contributed by atoms with Gasteiger partial charge in [0, 0.05) is 18.4 Å². The Balaban J connectivity index is 2.20. The molecule has 3 heteroatoms. The number of hydrazine groups is 1. The van der Waals surface area contributed by atoms with Crippen molar-refractivity contribution in [2.45, 2.75) is 26.3 Å². The summed E-state index contributed by atoms with van der Waals surface area (Å²) in [7, 11) is 0. The summed E-state index contributed by atoms with van der Waals surface area (Å²) in [4.78, 5) is 4.03. The Morgan fingerprint density at radius 1 is 1.11 bits per heavy atom. The number of benzene rings is 1. The predicted molar refractivity (Wildman–Crippen MR) is 73.9 cm³/mol. The van der Waals surface area contributed by atoms with E-state index in [-0.39, 0.29) is 6.04 Å². The zero-order valence-corrected chi connectivity index (χ0v) is 10.9. The second-order valence-corrected chi connectivity index (χ2v) is 4.62. The summed E-state index contributed by atoms with van der Waals surface area (Å²) in [5, 5.41) is 0. The molecule has 0 saturated heterocycles. The fourth-order valence-corrected chi connectivity index (χ4v) is 2.01. The highest BCUT2D eigenvalue weighted by Crippen LogP contribution is 2.20. The molecule has 0 amide bonds. The minimum Gasteiger partial charge on any atom is -0.271 e. The van der Waals surface area contributed by atoms with E-state index in [0.717, 1.165) is 6.42 Å². The molecule has 1 aromatic heterocycles. The van der Waals surface area contributed by atoms with E-state index in [9.17, 15) is 0 Å². The van der Waals surface area contributed by atoms with Gasteiger partial charge in [0.05, 0.1) is 0 Å². The number of nitrogens with two attached hydrogens (primary N) is 1. The molecule has 0 aliphatic rings. The van der Waals surface area contributed by atoms with Crippen LogP contribution >= 0.6 is 0 Å². The van der Waals surface area contributed by atoms with Gasteiger partial charge in [-0.2, -0.15) is 0 Å².